The van der Waals surface area contributed by atoms with Crippen molar-refractivity contribution in [3.63, 3.8) is 0 Å². The number of pyridine rings is 1. The Kier molecular flexibility index (Phi) is 6.54. The van der Waals surface area contributed by atoms with Gasteiger partial charge in [-0.2, -0.15) is 0 Å². The number of carbonyl (C=O) groups is 1. The number of cyclic esters (lactones) is 1. The molecule has 5 rings (SSSR count). The van der Waals surface area contributed by atoms with Gasteiger partial charge in [-0.1, -0.05) is 19.1 Å². The zero-order chi connectivity index (χ0) is 26.2. The van der Waals surface area contributed by atoms with Crippen molar-refractivity contribution in [3.8, 4) is 5.75 Å². The molecule has 1 aromatic heterocycles. The van der Waals surface area contributed by atoms with Gasteiger partial charge in [0.15, 0.2) is 5.69 Å². The number of aromatic nitrogens is 1. The van der Waals surface area contributed by atoms with Crippen LogP contribution in [0.3, 0.4) is 0 Å². The lowest BCUT2D eigenvalue weighted by Gasteiger charge is -2.48. The summed E-state index contributed by atoms with van der Waals surface area (Å²) in [6.07, 6.45) is 4.72. The van der Waals surface area contributed by atoms with Crippen molar-refractivity contribution < 1.29 is 14.3 Å². The maximum atomic E-state index is 13.6. The van der Waals surface area contributed by atoms with Crippen LogP contribution >= 0.6 is 0 Å². The number of anilines is 1. The molecule has 0 bridgehead atoms. The number of benzene rings is 2. The first-order valence-corrected chi connectivity index (χ1v) is 13.4. The molecular formula is C31H36N3O3+. The predicted molar refractivity (Wildman–Crippen MR) is 149 cm³/mol. The summed E-state index contributed by atoms with van der Waals surface area (Å²) in [6.45, 7) is 13.6. The highest BCUT2D eigenvalue weighted by Gasteiger charge is 2.67. The van der Waals surface area contributed by atoms with Gasteiger partial charge in [-0.15, -0.1) is 0 Å². The van der Waals surface area contributed by atoms with E-state index in [4.69, 9.17) is 9.47 Å². The second-order valence-corrected chi connectivity index (χ2v) is 9.39. The van der Waals surface area contributed by atoms with Crippen molar-refractivity contribution >= 4 is 23.4 Å². The smallest absolute Gasteiger partial charge is 0.362 e. The Hall–Kier alpha value is -3.64. The van der Waals surface area contributed by atoms with E-state index in [0.717, 1.165) is 53.3 Å². The average molecular weight is 499 g/mol. The van der Waals surface area contributed by atoms with Gasteiger partial charge in [-0.3, -0.25) is 0 Å². The largest absolute Gasteiger partial charge is 0.493 e. The van der Waals surface area contributed by atoms with Crippen molar-refractivity contribution in [3.05, 3.63) is 88.9 Å². The molecule has 0 amide bonds. The Morgan fingerprint density at radius 1 is 0.973 bits per heavy atom. The van der Waals surface area contributed by atoms with Crippen molar-refractivity contribution in [2.24, 2.45) is 0 Å². The Morgan fingerprint density at radius 2 is 1.76 bits per heavy atom. The number of carbonyl (C=O) groups excluding carboxylic acids is 1. The number of nitrogens with zero attached hydrogens (tertiary/aromatic N) is 3. The summed E-state index contributed by atoms with van der Waals surface area (Å²) in [5.74, 6) is 0.318. The summed E-state index contributed by atoms with van der Waals surface area (Å²) in [6, 6.07) is 18.6. The van der Waals surface area contributed by atoms with Crippen LogP contribution in [-0.2, 0) is 10.5 Å². The molecule has 2 unspecified atom stereocenters. The summed E-state index contributed by atoms with van der Waals surface area (Å²) >= 11 is 0. The van der Waals surface area contributed by atoms with E-state index in [9.17, 15) is 4.79 Å². The highest BCUT2D eigenvalue weighted by atomic mass is 16.6. The third kappa shape index (κ3) is 3.42. The lowest BCUT2D eigenvalue weighted by atomic mass is 9.88. The number of hydrogen-bond donors (Lipinski definition) is 0. The molecule has 0 saturated carbocycles. The molecule has 0 N–H and O–H groups in total. The Balaban J connectivity index is 1.90. The molecule has 37 heavy (non-hydrogen) atoms. The van der Waals surface area contributed by atoms with E-state index in [2.05, 4.69) is 86.1 Å². The summed E-state index contributed by atoms with van der Waals surface area (Å²) in [4.78, 5) is 20.3. The number of allylic oxidation sites excluding steroid dienone is 1. The normalized spacial score (nSPS) is 21.8. The molecule has 0 spiro atoms. The number of quaternary nitrogens is 1. The molecule has 3 aromatic rings. The predicted octanol–water partition coefficient (Wildman–Crippen LogP) is 6.49. The fourth-order valence-corrected chi connectivity index (χ4v) is 6.36. The molecular weight excluding hydrogens is 462 g/mol. The summed E-state index contributed by atoms with van der Waals surface area (Å²) in [5, 5.41) is 0. The highest BCUT2D eigenvalue weighted by Crippen LogP contribution is 2.59. The molecule has 192 valence electrons. The molecule has 0 saturated heterocycles. The van der Waals surface area contributed by atoms with Crippen LogP contribution in [0.5, 0.6) is 5.75 Å². The molecule has 0 aliphatic carbocycles. The quantitative estimate of drug-likeness (QED) is 0.249. The van der Waals surface area contributed by atoms with Crippen LogP contribution < -0.4 is 14.1 Å². The Morgan fingerprint density at radius 3 is 2.46 bits per heavy atom. The first-order chi connectivity index (χ1) is 18.0. The lowest BCUT2D eigenvalue weighted by molar-refractivity contribution is -0.0636. The summed E-state index contributed by atoms with van der Waals surface area (Å²) < 4.78 is 13.3. The zero-order valence-electron chi connectivity index (χ0n) is 22.5. The van der Waals surface area contributed by atoms with E-state index in [-0.39, 0.29) is 0 Å². The molecule has 0 radical (unpaired) electrons. The van der Waals surface area contributed by atoms with Crippen LogP contribution in [0.2, 0.25) is 0 Å². The van der Waals surface area contributed by atoms with Crippen LogP contribution in [0.25, 0.3) is 6.08 Å². The monoisotopic (exact) mass is 498 g/mol. The topological polar surface area (TPSA) is 51.7 Å². The first kappa shape index (κ1) is 25.0. The lowest BCUT2D eigenvalue weighted by Crippen LogP contribution is -2.63. The van der Waals surface area contributed by atoms with Gasteiger partial charge >= 0.3 is 11.7 Å². The van der Waals surface area contributed by atoms with E-state index < -0.39 is 11.7 Å². The second kappa shape index (κ2) is 9.67. The third-order valence-corrected chi connectivity index (χ3v) is 7.90. The Bertz CT molecular complexity index is 1360. The number of esters is 1. The Labute approximate surface area is 219 Å². The molecule has 0 fully saturated rings. The molecule has 2 aliphatic heterocycles. The van der Waals surface area contributed by atoms with Crippen molar-refractivity contribution in [2.45, 2.75) is 46.8 Å². The second-order valence-electron chi connectivity index (χ2n) is 9.39. The molecule has 6 nitrogen and oxygen atoms in total. The SMILES string of the molecule is CCOc1cc(N(CC)CC)ccc1C1([N+]2(CC)C(CC)=Cc3ccccc32)OC(=O)c2ncccc21. The zero-order valence-corrected chi connectivity index (χ0v) is 22.5. The van der Waals surface area contributed by atoms with Crippen molar-refractivity contribution in [2.75, 3.05) is 31.1 Å². The summed E-state index contributed by atoms with van der Waals surface area (Å²) in [7, 11) is 0. The first-order valence-electron chi connectivity index (χ1n) is 13.4. The number of fused-ring (bicyclic) bond motifs is 2. The number of para-hydroxylation sites is 1. The van der Waals surface area contributed by atoms with Gasteiger partial charge in [0.1, 0.15) is 22.7 Å². The van der Waals surface area contributed by atoms with Crippen LogP contribution in [0, 0.1) is 0 Å². The van der Waals surface area contributed by atoms with Gasteiger partial charge in [0, 0.05) is 55.2 Å². The van der Waals surface area contributed by atoms with E-state index in [1.54, 1.807) is 6.20 Å². The van der Waals surface area contributed by atoms with Gasteiger partial charge < -0.3 is 14.4 Å². The number of rotatable bonds is 9. The van der Waals surface area contributed by atoms with Gasteiger partial charge in [0.2, 0.25) is 0 Å². The van der Waals surface area contributed by atoms with Crippen LogP contribution in [-0.4, -0.2) is 37.2 Å². The van der Waals surface area contributed by atoms with E-state index in [1.165, 1.54) is 5.70 Å². The van der Waals surface area contributed by atoms with Crippen molar-refractivity contribution in [1.29, 1.82) is 0 Å². The van der Waals surface area contributed by atoms with Gasteiger partial charge in [-0.25, -0.2) is 14.3 Å². The average Bonchev–Trinajstić information content (AvgIpc) is 3.43. The molecule has 2 aromatic carbocycles. The number of ether oxygens (including phenoxy) is 2. The minimum atomic E-state index is -1.18. The van der Waals surface area contributed by atoms with Crippen LogP contribution in [0.1, 0.15) is 68.2 Å². The van der Waals surface area contributed by atoms with Gasteiger partial charge in [0.05, 0.1) is 18.7 Å². The fourth-order valence-electron chi connectivity index (χ4n) is 6.36. The summed E-state index contributed by atoms with van der Waals surface area (Å²) in [5.41, 5.74) is 5.31. The standard InChI is InChI=1S/C31H36N3O3/c1-6-24-20-22-14-11-12-16-27(22)34(24,9-4)31(26-15-13-19-32-29(26)30(35)37-31)25-18-17-23(33(7-2)8-3)21-28(25)36-10-5/h11-21H,6-10H2,1-5H3/q+1. The highest BCUT2D eigenvalue weighted by molar-refractivity contribution is 5.95. The maximum absolute atomic E-state index is 13.6. The molecule has 2 aliphatic rings. The van der Waals surface area contributed by atoms with Crippen LogP contribution in [0.4, 0.5) is 11.4 Å². The van der Waals surface area contributed by atoms with Crippen molar-refractivity contribution in [1.82, 2.24) is 9.47 Å². The molecule has 3 heterocycles. The van der Waals surface area contributed by atoms with E-state index in [0.29, 0.717) is 23.3 Å². The molecule has 6 heteroatoms. The minimum absolute atomic E-state index is 0.356. The maximum Gasteiger partial charge on any atom is 0.362 e. The fraction of sp³-hybridized carbons (Fsp3) is 0.355. The van der Waals surface area contributed by atoms with E-state index in [1.807, 2.05) is 19.1 Å². The number of hydrogen-bond acceptors (Lipinski definition) is 5. The molecule has 2 atom stereocenters. The van der Waals surface area contributed by atoms with Gasteiger partial charge in [-0.05, 0) is 58.0 Å². The van der Waals surface area contributed by atoms with Gasteiger partial charge in [0.25, 0.3) is 0 Å². The van der Waals surface area contributed by atoms with E-state index >= 15 is 0 Å². The van der Waals surface area contributed by atoms with Crippen LogP contribution in [0.15, 0.2) is 66.5 Å². The minimum Gasteiger partial charge on any atom is -0.493 e. The third-order valence-electron chi connectivity index (χ3n) is 7.90.